The number of rotatable bonds is 5. The molecule has 0 aliphatic heterocycles. The van der Waals surface area contributed by atoms with E-state index < -0.39 is 6.61 Å². The number of benzene rings is 2. The first-order chi connectivity index (χ1) is 9.54. The van der Waals surface area contributed by atoms with Gasteiger partial charge in [0.05, 0.1) is 0 Å². The Kier molecular flexibility index (Phi) is 5.09. The molecule has 0 radical (unpaired) electrons. The van der Waals surface area contributed by atoms with Crippen LogP contribution in [0.2, 0.25) is 0 Å². The van der Waals surface area contributed by atoms with Crippen LogP contribution in [-0.4, -0.2) is 6.61 Å². The average molecular weight is 342 g/mol. The van der Waals surface area contributed by atoms with Crippen LogP contribution >= 0.6 is 15.9 Å². The Morgan fingerprint density at radius 1 is 1.10 bits per heavy atom. The van der Waals surface area contributed by atoms with E-state index in [4.69, 9.17) is 5.73 Å². The minimum absolute atomic E-state index is 0.127. The molecule has 0 fully saturated rings. The van der Waals surface area contributed by atoms with Crippen LogP contribution in [0.5, 0.6) is 5.75 Å². The van der Waals surface area contributed by atoms with Gasteiger partial charge in [-0.15, -0.1) is 0 Å². The smallest absolute Gasteiger partial charge is 0.387 e. The number of halogens is 3. The molecule has 0 aliphatic rings. The number of ether oxygens (including phenoxy) is 1. The summed E-state index contributed by atoms with van der Waals surface area (Å²) >= 11 is 3.40. The Labute approximate surface area is 124 Å². The van der Waals surface area contributed by atoms with Gasteiger partial charge in [0.25, 0.3) is 0 Å². The minimum Gasteiger partial charge on any atom is -0.435 e. The van der Waals surface area contributed by atoms with E-state index in [0.29, 0.717) is 6.42 Å². The van der Waals surface area contributed by atoms with E-state index in [1.807, 2.05) is 24.3 Å². The summed E-state index contributed by atoms with van der Waals surface area (Å²) in [5.41, 5.74) is 7.96. The fourth-order valence-corrected chi connectivity index (χ4v) is 2.40. The highest BCUT2D eigenvalue weighted by Gasteiger charge is 2.10. The Bertz CT molecular complexity index is 577. The zero-order valence-electron chi connectivity index (χ0n) is 10.6. The van der Waals surface area contributed by atoms with Crippen molar-refractivity contribution in [3.63, 3.8) is 0 Å². The summed E-state index contributed by atoms with van der Waals surface area (Å²) in [6, 6.07) is 14.1. The second-order valence-corrected chi connectivity index (χ2v) is 5.31. The summed E-state index contributed by atoms with van der Waals surface area (Å²) in [5, 5.41) is 0. The van der Waals surface area contributed by atoms with Gasteiger partial charge in [-0.1, -0.05) is 40.2 Å². The van der Waals surface area contributed by atoms with Gasteiger partial charge in [-0.3, -0.25) is 0 Å². The summed E-state index contributed by atoms with van der Waals surface area (Å²) in [6.07, 6.45) is 0.623. The number of hydrogen-bond acceptors (Lipinski definition) is 2. The third-order valence-corrected chi connectivity index (χ3v) is 3.35. The lowest BCUT2D eigenvalue weighted by Crippen LogP contribution is -2.13. The summed E-state index contributed by atoms with van der Waals surface area (Å²) in [5.74, 6) is 0.127. The van der Waals surface area contributed by atoms with Crippen molar-refractivity contribution in [3.8, 4) is 5.75 Å². The predicted molar refractivity (Wildman–Crippen MR) is 77.8 cm³/mol. The van der Waals surface area contributed by atoms with Crippen LogP contribution in [0.15, 0.2) is 53.0 Å². The molecule has 0 saturated heterocycles. The normalized spacial score (nSPS) is 12.4. The van der Waals surface area contributed by atoms with Gasteiger partial charge in [0, 0.05) is 10.5 Å². The second kappa shape index (κ2) is 6.81. The van der Waals surface area contributed by atoms with E-state index in [0.717, 1.165) is 15.6 Å². The topological polar surface area (TPSA) is 35.2 Å². The average Bonchev–Trinajstić information content (AvgIpc) is 2.38. The Morgan fingerprint density at radius 3 is 2.55 bits per heavy atom. The summed E-state index contributed by atoms with van der Waals surface area (Å²) < 4.78 is 29.7. The van der Waals surface area contributed by atoms with Crippen molar-refractivity contribution in [2.45, 2.75) is 19.1 Å². The first-order valence-electron chi connectivity index (χ1n) is 6.09. The fraction of sp³-hybridized carbons (Fsp3) is 0.200. The molecule has 0 aliphatic carbocycles. The molecule has 2 aromatic carbocycles. The van der Waals surface area contributed by atoms with Crippen molar-refractivity contribution < 1.29 is 13.5 Å². The zero-order chi connectivity index (χ0) is 14.5. The van der Waals surface area contributed by atoms with Gasteiger partial charge in [0.1, 0.15) is 5.75 Å². The van der Waals surface area contributed by atoms with E-state index in [1.54, 1.807) is 18.2 Å². The molecule has 2 nitrogen and oxygen atoms in total. The molecule has 0 bridgehead atoms. The highest BCUT2D eigenvalue weighted by atomic mass is 79.9. The van der Waals surface area contributed by atoms with Crippen molar-refractivity contribution in [1.29, 1.82) is 0 Å². The van der Waals surface area contributed by atoms with Crippen LogP contribution in [-0.2, 0) is 6.42 Å². The largest absolute Gasteiger partial charge is 0.435 e. The maximum absolute atomic E-state index is 12.2. The molecule has 106 valence electrons. The van der Waals surface area contributed by atoms with Gasteiger partial charge in [0.2, 0.25) is 0 Å². The van der Waals surface area contributed by atoms with Crippen molar-refractivity contribution in [3.05, 3.63) is 64.1 Å². The summed E-state index contributed by atoms with van der Waals surface area (Å²) in [4.78, 5) is 0. The van der Waals surface area contributed by atoms with E-state index in [9.17, 15) is 8.78 Å². The fourth-order valence-electron chi connectivity index (χ4n) is 1.96. The first-order valence-corrected chi connectivity index (χ1v) is 6.88. The van der Waals surface area contributed by atoms with Gasteiger partial charge in [0.15, 0.2) is 0 Å². The van der Waals surface area contributed by atoms with E-state index in [2.05, 4.69) is 20.7 Å². The zero-order valence-corrected chi connectivity index (χ0v) is 12.2. The molecule has 20 heavy (non-hydrogen) atoms. The monoisotopic (exact) mass is 341 g/mol. The van der Waals surface area contributed by atoms with Crippen LogP contribution in [0.1, 0.15) is 17.2 Å². The number of nitrogens with two attached hydrogens (primary N) is 1. The third-order valence-electron chi connectivity index (χ3n) is 2.86. The summed E-state index contributed by atoms with van der Waals surface area (Å²) in [6.45, 7) is -2.83. The predicted octanol–water partition coefficient (Wildman–Crippen LogP) is 4.29. The lowest BCUT2D eigenvalue weighted by Gasteiger charge is -2.14. The first kappa shape index (κ1) is 14.9. The number of hydrogen-bond donors (Lipinski definition) is 1. The van der Waals surface area contributed by atoms with Gasteiger partial charge in [-0.05, 0) is 41.8 Å². The Morgan fingerprint density at radius 2 is 1.85 bits per heavy atom. The molecule has 0 spiro atoms. The summed E-state index contributed by atoms with van der Waals surface area (Å²) in [7, 11) is 0. The molecule has 5 heteroatoms. The van der Waals surface area contributed by atoms with Crippen molar-refractivity contribution in [2.75, 3.05) is 0 Å². The van der Waals surface area contributed by atoms with E-state index >= 15 is 0 Å². The van der Waals surface area contributed by atoms with Gasteiger partial charge < -0.3 is 10.5 Å². The van der Waals surface area contributed by atoms with Crippen molar-refractivity contribution in [1.82, 2.24) is 0 Å². The van der Waals surface area contributed by atoms with Gasteiger partial charge >= 0.3 is 6.61 Å². The standard InChI is InChI=1S/C15H14BrF2NO/c16-12-5-1-3-10(7-12)8-14(19)11-4-2-6-13(9-11)20-15(17)18/h1-7,9,14-15H,8,19H2. The molecule has 0 aromatic heterocycles. The Balaban J connectivity index is 2.10. The number of alkyl halides is 2. The van der Waals surface area contributed by atoms with Crippen molar-refractivity contribution >= 4 is 15.9 Å². The SMILES string of the molecule is NC(Cc1cccc(Br)c1)c1cccc(OC(F)F)c1. The quantitative estimate of drug-likeness (QED) is 0.880. The highest BCUT2D eigenvalue weighted by molar-refractivity contribution is 9.10. The Hall–Kier alpha value is -1.46. The van der Waals surface area contributed by atoms with Gasteiger partial charge in [-0.2, -0.15) is 8.78 Å². The maximum Gasteiger partial charge on any atom is 0.387 e. The molecule has 2 N–H and O–H groups in total. The van der Waals surface area contributed by atoms with Crippen LogP contribution in [0, 0.1) is 0 Å². The molecule has 2 rings (SSSR count). The van der Waals surface area contributed by atoms with Crippen LogP contribution in [0.3, 0.4) is 0 Å². The van der Waals surface area contributed by atoms with E-state index in [-0.39, 0.29) is 11.8 Å². The molecule has 0 saturated carbocycles. The molecule has 0 amide bonds. The molecule has 1 atom stereocenters. The molecule has 2 aromatic rings. The van der Waals surface area contributed by atoms with Crippen molar-refractivity contribution in [2.24, 2.45) is 5.73 Å². The molecular formula is C15H14BrF2NO. The lowest BCUT2D eigenvalue weighted by molar-refractivity contribution is -0.0498. The lowest BCUT2D eigenvalue weighted by atomic mass is 9.99. The minimum atomic E-state index is -2.83. The van der Waals surface area contributed by atoms with Crippen LogP contribution < -0.4 is 10.5 Å². The maximum atomic E-state index is 12.2. The van der Waals surface area contributed by atoms with Crippen LogP contribution in [0.25, 0.3) is 0 Å². The molecular weight excluding hydrogens is 328 g/mol. The van der Waals surface area contributed by atoms with Gasteiger partial charge in [-0.25, -0.2) is 0 Å². The third kappa shape index (κ3) is 4.28. The van der Waals surface area contributed by atoms with E-state index in [1.165, 1.54) is 6.07 Å². The van der Waals surface area contributed by atoms with Crippen LogP contribution in [0.4, 0.5) is 8.78 Å². The molecule has 1 unspecified atom stereocenters. The second-order valence-electron chi connectivity index (χ2n) is 4.39. The highest BCUT2D eigenvalue weighted by Crippen LogP contribution is 2.23. The molecule has 0 heterocycles.